The third-order valence-corrected chi connectivity index (χ3v) is 3.50. The first-order valence-electron chi connectivity index (χ1n) is 6.31. The molecular weight excluding hydrogens is 337 g/mol. The molecule has 0 aliphatic rings. The van der Waals surface area contributed by atoms with E-state index in [1.807, 2.05) is 12.1 Å². The quantitative estimate of drug-likeness (QED) is 0.335. The number of oxime groups is 1. The first-order valence-corrected chi connectivity index (χ1v) is 7.11. The average Bonchev–Trinajstić information content (AvgIpc) is 2.50. The molecule has 2 rings (SSSR count). The number of hydrogen-bond donors (Lipinski definition) is 3. The van der Waals surface area contributed by atoms with Gasteiger partial charge < -0.3 is 16.3 Å². The summed E-state index contributed by atoms with van der Waals surface area (Å²) in [6, 6.07) is 12.1. The predicted octanol–water partition coefficient (Wildman–Crippen LogP) is 2.97. The Bertz CT molecular complexity index is 644. The van der Waals surface area contributed by atoms with Crippen molar-refractivity contribution in [1.82, 2.24) is 5.32 Å². The van der Waals surface area contributed by atoms with Crippen molar-refractivity contribution in [2.45, 2.75) is 13.1 Å². The van der Waals surface area contributed by atoms with Gasteiger partial charge in [0.2, 0.25) is 0 Å². The van der Waals surface area contributed by atoms with Gasteiger partial charge in [-0.2, -0.15) is 0 Å². The SMILES string of the molecule is NC(=NO)c1ccc(CNCc2cc(Br)ccc2F)cc1. The number of amidine groups is 1. The highest BCUT2D eigenvalue weighted by molar-refractivity contribution is 9.10. The normalized spacial score (nSPS) is 11.6. The van der Waals surface area contributed by atoms with Crippen molar-refractivity contribution in [3.05, 3.63) is 69.4 Å². The van der Waals surface area contributed by atoms with Gasteiger partial charge in [-0.15, -0.1) is 0 Å². The Morgan fingerprint density at radius 2 is 1.90 bits per heavy atom. The van der Waals surface area contributed by atoms with E-state index in [4.69, 9.17) is 10.9 Å². The second-order valence-electron chi connectivity index (χ2n) is 4.52. The fourth-order valence-electron chi connectivity index (χ4n) is 1.87. The Labute approximate surface area is 130 Å². The molecule has 0 saturated heterocycles. The first kappa shape index (κ1) is 15.5. The molecule has 0 atom stereocenters. The molecule has 0 aliphatic carbocycles. The van der Waals surface area contributed by atoms with Gasteiger partial charge in [0.1, 0.15) is 5.82 Å². The van der Waals surface area contributed by atoms with Crippen molar-refractivity contribution in [2.75, 3.05) is 0 Å². The van der Waals surface area contributed by atoms with Crippen molar-refractivity contribution in [2.24, 2.45) is 10.9 Å². The fraction of sp³-hybridized carbons (Fsp3) is 0.133. The fourth-order valence-corrected chi connectivity index (χ4v) is 2.28. The van der Waals surface area contributed by atoms with Crippen LogP contribution in [0.3, 0.4) is 0 Å². The predicted molar refractivity (Wildman–Crippen MR) is 83.6 cm³/mol. The van der Waals surface area contributed by atoms with Crippen LogP contribution in [0.25, 0.3) is 0 Å². The molecule has 0 spiro atoms. The molecule has 110 valence electrons. The van der Waals surface area contributed by atoms with Gasteiger partial charge in [0, 0.05) is 28.7 Å². The summed E-state index contributed by atoms with van der Waals surface area (Å²) >= 11 is 3.32. The van der Waals surface area contributed by atoms with Crippen LogP contribution in [0.4, 0.5) is 4.39 Å². The number of rotatable bonds is 5. The first-order chi connectivity index (χ1) is 10.1. The summed E-state index contributed by atoms with van der Waals surface area (Å²) in [4.78, 5) is 0. The highest BCUT2D eigenvalue weighted by atomic mass is 79.9. The molecule has 6 heteroatoms. The van der Waals surface area contributed by atoms with Crippen molar-refractivity contribution in [3.63, 3.8) is 0 Å². The van der Waals surface area contributed by atoms with Crippen molar-refractivity contribution < 1.29 is 9.60 Å². The molecule has 21 heavy (non-hydrogen) atoms. The minimum atomic E-state index is -0.229. The van der Waals surface area contributed by atoms with Gasteiger partial charge in [-0.05, 0) is 23.8 Å². The lowest BCUT2D eigenvalue weighted by Gasteiger charge is -2.07. The zero-order valence-electron chi connectivity index (χ0n) is 11.2. The average molecular weight is 352 g/mol. The zero-order valence-corrected chi connectivity index (χ0v) is 12.8. The molecule has 2 aromatic carbocycles. The second-order valence-corrected chi connectivity index (χ2v) is 5.44. The van der Waals surface area contributed by atoms with E-state index in [1.165, 1.54) is 6.07 Å². The molecule has 0 fully saturated rings. The maximum absolute atomic E-state index is 13.6. The number of hydrogen-bond acceptors (Lipinski definition) is 3. The molecule has 0 aliphatic heterocycles. The highest BCUT2D eigenvalue weighted by Crippen LogP contribution is 2.15. The standard InChI is InChI=1S/C15H15BrFN3O/c16-13-5-6-14(17)12(7-13)9-19-8-10-1-3-11(4-2-10)15(18)20-21/h1-7,19,21H,8-9H2,(H2,18,20). The van der Waals surface area contributed by atoms with Crippen LogP contribution < -0.4 is 11.1 Å². The summed E-state index contributed by atoms with van der Waals surface area (Å²) in [5.41, 5.74) is 7.78. The second kappa shape index (κ2) is 7.19. The van der Waals surface area contributed by atoms with Crippen LogP contribution in [0.1, 0.15) is 16.7 Å². The van der Waals surface area contributed by atoms with E-state index >= 15 is 0 Å². The summed E-state index contributed by atoms with van der Waals surface area (Å²) in [6.07, 6.45) is 0. The maximum atomic E-state index is 13.6. The minimum absolute atomic E-state index is 0.0747. The van der Waals surface area contributed by atoms with E-state index in [0.29, 0.717) is 24.2 Å². The summed E-state index contributed by atoms with van der Waals surface area (Å²) < 4.78 is 14.4. The molecule has 0 saturated carbocycles. The van der Waals surface area contributed by atoms with Crippen LogP contribution in [0.5, 0.6) is 0 Å². The van der Waals surface area contributed by atoms with Gasteiger partial charge in [-0.3, -0.25) is 0 Å². The van der Waals surface area contributed by atoms with E-state index < -0.39 is 0 Å². The summed E-state index contributed by atoms with van der Waals surface area (Å²) in [6.45, 7) is 1.04. The lowest BCUT2D eigenvalue weighted by molar-refractivity contribution is 0.318. The molecule has 4 N–H and O–H groups in total. The number of nitrogens with two attached hydrogens (primary N) is 1. The van der Waals surface area contributed by atoms with Gasteiger partial charge in [0.15, 0.2) is 5.84 Å². The summed E-state index contributed by atoms with van der Waals surface area (Å²) in [7, 11) is 0. The van der Waals surface area contributed by atoms with Crippen LogP contribution in [0.15, 0.2) is 52.1 Å². The number of benzene rings is 2. The highest BCUT2D eigenvalue weighted by Gasteiger charge is 2.03. The van der Waals surface area contributed by atoms with Crippen molar-refractivity contribution in [3.8, 4) is 0 Å². The maximum Gasteiger partial charge on any atom is 0.170 e. The van der Waals surface area contributed by atoms with Gasteiger partial charge >= 0.3 is 0 Å². The van der Waals surface area contributed by atoms with Gasteiger partial charge in [0.25, 0.3) is 0 Å². The Hall–Kier alpha value is -1.92. The Morgan fingerprint density at radius 3 is 2.57 bits per heavy atom. The minimum Gasteiger partial charge on any atom is -0.409 e. The van der Waals surface area contributed by atoms with Crippen LogP contribution in [-0.2, 0) is 13.1 Å². The topological polar surface area (TPSA) is 70.6 Å². The molecule has 0 heterocycles. The zero-order chi connectivity index (χ0) is 15.2. The van der Waals surface area contributed by atoms with Crippen LogP contribution in [0, 0.1) is 5.82 Å². The largest absolute Gasteiger partial charge is 0.409 e. The van der Waals surface area contributed by atoms with E-state index in [-0.39, 0.29) is 11.7 Å². The van der Waals surface area contributed by atoms with E-state index in [2.05, 4.69) is 26.4 Å². The molecular formula is C15H15BrFN3O. The summed E-state index contributed by atoms with van der Waals surface area (Å²) in [5, 5.41) is 14.7. The molecule has 0 aromatic heterocycles. The molecule has 0 unspecified atom stereocenters. The Morgan fingerprint density at radius 1 is 1.19 bits per heavy atom. The van der Waals surface area contributed by atoms with Crippen LogP contribution in [-0.4, -0.2) is 11.0 Å². The number of nitrogens with one attached hydrogen (secondary N) is 1. The molecule has 4 nitrogen and oxygen atoms in total. The van der Waals surface area contributed by atoms with Gasteiger partial charge in [-0.1, -0.05) is 45.4 Å². The Kier molecular flexibility index (Phi) is 5.30. The van der Waals surface area contributed by atoms with Crippen molar-refractivity contribution >= 4 is 21.8 Å². The van der Waals surface area contributed by atoms with E-state index in [1.54, 1.807) is 24.3 Å². The number of nitrogens with zero attached hydrogens (tertiary/aromatic N) is 1. The number of halogens is 2. The summed E-state index contributed by atoms with van der Waals surface area (Å²) in [5.74, 6) is -0.154. The van der Waals surface area contributed by atoms with Crippen LogP contribution in [0.2, 0.25) is 0 Å². The van der Waals surface area contributed by atoms with E-state index in [9.17, 15) is 4.39 Å². The van der Waals surface area contributed by atoms with Crippen molar-refractivity contribution in [1.29, 1.82) is 0 Å². The lowest BCUT2D eigenvalue weighted by Crippen LogP contribution is -2.15. The smallest absolute Gasteiger partial charge is 0.170 e. The molecule has 0 radical (unpaired) electrons. The monoisotopic (exact) mass is 351 g/mol. The molecule has 0 bridgehead atoms. The molecule has 2 aromatic rings. The molecule has 0 amide bonds. The Balaban J connectivity index is 1.93. The third-order valence-electron chi connectivity index (χ3n) is 3.01. The third kappa shape index (κ3) is 4.27. The van der Waals surface area contributed by atoms with E-state index in [0.717, 1.165) is 10.0 Å². The van der Waals surface area contributed by atoms with Crippen LogP contribution >= 0.6 is 15.9 Å². The van der Waals surface area contributed by atoms with Gasteiger partial charge in [-0.25, -0.2) is 4.39 Å². The van der Waals surface area contributed by atoms with Gasteiger partial charge in [0.05, 0.1) is 0 Å². The lowest BCUT2D eigenvalue weighted by atomic mass is 10.1.